The number of rotatable bonds is 5. The Balaban J connectivity index is 2.48. The number of carbonyl (C=O) groups is 2. The van der Waals surface area contributed by atoms with Crippen LogP contribution in [0.5, 0.6) is 0 Å². The molecule has 0 spiro atoms. The number of benzene rings is 1. The van der Waals surface area contributed by atoms with Crippen LogP contribution >= 0.6 is 0 Å². The minimum absolute atomic E-state index is 0.294. The standard InChI is InChI=1S/C17H21FN2O3/c1-4-5-9-20-11(2)14(16(21)23-3)15(19-17(20)22)12-7-6-8-13(18)10-12/h6-8,10,15H,4-5,9H2,1-3H3,(H,19,22)/t15-/m0/s1. The molecule has 0 radical (unpaired) electrons. The van der Waals surface area contributed by atoms with E-state index in [0.717, 1.165) is 12.8 Å². The summed E-state index contributed by atoms with van der Waals surface area (Å²) in [6.45, 7) is 4.26. The molecule has 0 saturated carbocycles. The minimum Gasteiger partial charge on any atom is -0.466 e. The maximum atomic E-state index is 13.5. The zero-order valence-corrected chi connectivity index (χ0v) is 13.6. The Morgan fingerprint density at radius 3 is 2.78 bits per heavy atom. The van der Waals surface area contributed by atoms with E-state index in [4.69, 9.17) is 4.74 Å². The van der Waals surface area contributed by atoms with Crippen molar-refractivity contribution in [1.29, 1.82) is 0 Å². The van der Waals surface area contributed by atoms with E-state index in [9.17, 15) is 14.0 Å². The van der Waals surface area contributed by atoms with Gasteiger partial charge in [0, 0.05) is 12.2 Å². The second-order valence-electron chi connectivity index (χ2n) is 5.43. The number of halogens is 1. The van der Waals surface area contributed by atoms with Crippen LogP contribution in [0, 0.1) is 5.82 Å². The van der Waals surface area contributed by atoms with Crippen LogP contribution in [0.3, 0.4) is 0 Å². The molecule has 0 unspecified atom stereocenters. The van der Waals surface area contributed by atoms with E-state index in [1.165, 1.54) is 24.1 Å². The number of urea groups is 1. The molecule has 23 heavy (non-hydrogen) atoms. The van der Waals surface area contributed by atoms with Crippen LogP contribution < -0.4 is 5.32 Å². The number of unbranched alkanes of at least 4 members (excludes halogenated alkanes) is 1. The smallest absolute Gasteiger partial charge is 0.337 e. The molecule has 1 aromatic carbocycles. The maximum Gasteiger partial charge on any atom is 0.337 e. The Hall–Kier alpha value is -2.37. The van der Waals surface area contributed by atoms with E-state index in [2.05, 4.69) is 5.32 Å². The van der Waals surface area contributed by atoms with Crippen molar-refractivity contribution in [3.8, 4) is 0 Å². The van der Waals surface area contributed by atoms with Gasteiger partial charge in [0.2, 0.25) is 0 Å². The second kappa shape index (κ2) is 7.26. The number of esters is 1. The molecule has 2 amide bonds. The van der Waals surface area contributed by atoms with Crippen LogP contribution in [-0.2, 0) is 9.53 Å². The van der Waals surface area contributed by atoms with Gasteiger partial charge in [-0.3, -0.25) is 4.90 Å². The van der Waals surface area contributed by atoms with Gasteiger partial charge in [-0.2, -0.15) is 0 Å². The average Bonchev–Trinajstić information content (AvgIpc) is 2.53. The summed E-state index contributed by atoms with van der Waals surface area (Å²) in [5.74, 6) is -0.953. The van der Waals surface area contributed by atoms with E-state index in [1.807, 2.05) is 6.92 Å². The molecule has 1 aliphatic heterocycles. The Labute approximate surface area is 135 Å². The summed E-state index contributed by atoms with van der Waals surface area (Å²) in [5, 5.41) is 2.78. The first kappa shape index (κ1) is 17.0. The Morgan fingerprint density at radius 2 is 2.17 bits per heavy atom. The molecule has 0 aliphatic carbocycles. The molecule has 1 N–H and O–H groups in total. The zero-order chi connectivity index (χ0) is 17.0. The first-order chi connectivity index (χ1) is 11.0. The highest BCUT2D eigenvalue weighted by atomic mass is 19.1. The summed E-state index contributed by atoms with van der Waals surface area (Å²) in [7, 11) is 1.29. The lowest BCUT2D eigenvalue weighted by Crippen LogP contribution is -2.48. The third-order valence-electron chi connectivity index (χ3n) is 3.92. The number of allylic oxidation sites excluding steroid dienone is 1. The summed E-state index contributed by atoms with van der Waals surface area (Å²) >= 11 is 0. The lowest BCUT2D eigenvalue weighted by Gasteiger charge is -2.35. The van der Waals surface area contributed by atoms with Crippen molar-refractivity contribution in [1.82, 2.24) is 10.2 Å². The van der Waals surface area contributed by atoms with Crippen molar-refractivity contribution in [3.05, 3.63) is 46.9 Å². The van der Waals surface area contributed by atoms with E-state index >= 15 is 0 Å². The number of hydrogen-bond acceptors (Lipinski definition) is 3. The van der Waals surface area contributed by atoms with Crippen LogP contribution in [0.15, 0.2) is 35.5 Å². The molecule has 0 bridgehead atoms. The minimum atomic E-state index is -0.719. The Bertz CT molecular complexity index is 642. The van der Waals surface area contributed by atoms with Gasteiger partial charge in [-0.1, -0.05) is 25.5 Å². The maximum absolute atomic E-state index is 13.5. The molecule has 1 aromatic rings. The van der Waals surface area contributed by atoms with Gasteiger partial charge in [-0.25, -0.2) is 14.0 Å². The summed E-state index contributed by atoms with van der Waals surface area (Å²) < 4.78 is 18.4. The van der Waals surface area contributed by atoms with Gasteiger partial charge in [0.25, 0.3) is 0 Å². The van der Waals surface area contributed by atoms with Crippen LogP contribution in [0.4, 0.5) is 9.18 Å². The summed E-state index contributed by atoms with van der Waals surface area (Å²) in [5.41, 5.74) is 1.38. The zero-order valence-electron chi connectivity index (χ0n) is 13.6. The number of ether oxygens (including phenoxy) is 1. The van der Waals surface area contributed by atoms with Crippen LogP contribution in [0.1, 0.15) is 38.3 Å². The monoisotopic (exact) mass is 320 g/mol. The van der Waals surface area contributed by atoms with Crippen LogP contribution in [0.25, 0.3) is 0 Å². The Morgan fingerprint density at radius 1 is 1.43 bits per heavy atom. The molecule has 1 heterocycles. The van der Waals surface area contributed by atoms with E-state index in [0.29, 0.717) is 23.4 Å². The SMILES string of the molecule is CCCCN1C(=O)N[C@@H](c2cccc(F)c2)C(C(=O)OC)=C1C. The first-order valence-corrected chi connectivity index (χ1v) is 7.62. The fraction of sp³-hybridized carbons (Fsp3) is 0.412. The molecule has 0 fully saturated rings. The highest BCUT2D eigenvalue weighted by Crippen LogP contribution is 2.31. The molecule has 0 saturated heterocycles. The van der Waals surface area contributed by atoms with Crippen molar-refractivity contribution in [3.63, 3.8) is 0 Å². The molecule has 2 rings (SSSR count). The van der Waals surface area contributed by atoms with Crippen LogP contribution in [-0.4, -0.2) is 30.6 Å². The molecule has 6 heteroatoms. The molecule has 1 atom stereocenters. The highest BCUT2D eigenvalue weighted by molar-refractivity contribution is 5.94. The largest absolute Gasteiger partial charge is 0.466 e. The van der Waals surface area contributed by atoms with Gasteiger partial charge < -0.3 is 10.1 Å². The molecule has 1 aliphatic rings. The van der Waals surface area contributed by atoms with Crippen molar-refractivity contribution < 1.29 is 18.7 Å². The molecule has 0 aromatic heterocycles. The highest BCUT2D eigenvalue weighted by Gasteiger charge is 2.35. The van der Waals surface area contributed by atoms with E-state index in [-0.39, 0.29) is 6.03 Å². The lowest BCUT2D eigenvalue weighted by atomic mass is 9.94. The van der Waals surface area contributed by atoms with E-state index < -0.39 is 17.8 Å². The predicted octanol–water partition coefficient (Wildman–Crippen LogP) is 3.14. The molecule has 5 nitrogen and oxygen atoms in total. The quantitative estimate of drug-likeness (QED) is 0.848. The number of carbonyl (C=O) groups excluding carboxylic acids is 2. The average molecular weight is 320 g/mol. The number of hydrogen-bond donors (Lipinski definition) is 1. The van der Waals surface area contributed by atoms with Gasteiger partial charge in [-0.05, 0) is 31.0 Å². The Kier molecular flexibility index (Phi) is 5.36. The summed E-state index contributed by atoms with van der Waals surface area (Å²) in [4.78, 5) is 26.1. The number of amides is 2. The van der Waals surface area contributed by atoms with E-state index in [1.54, 1.807) is 19.1 Å². The van der Waals surface area contributed by atoms with Crippen LogP contribution in [0.2, 0.25) is 0 Å². The number of nitrogens with zero attached hydrogens (tertiary/aromatic N) is 1. The molecular weight excluding hydrogens is 299 g/mol. The molecular formula is C17H21FN2O3. The predicted molar refractivity (Wildman–Crippen MR) is 84.0 cm³/mol. The summed E-state index contributed by atoms with van der Waals surface area (Å²) in [6.07, 6.45) is 1.75. The number of methoxy groups -OCH3 is 1. The normalized spacial score (nSPS) is 18.0. The first-order valence-electron chi connectivity index (χ1n) is 7.62. The fourth-order valence-electron chi connectivity index (χ4n) is 2.68. The van der Waals surface area contributed by atoms with Gasteiger partial charge in [0.05, 0.1) is 18.7 Å². The fourth-order valence-corrected chi connectivity index (χ4v) is 2.68. The topological polar surface area (TPSA) is 58.6 Å². The molecule has 124 valence electrons. The summed E-state index contributed by atoms with van der Waals surface area (Å²) in [6, 6.07) is 4.83. The number of nitrogens with one attached hydrogen (secondary N) is 1. The van der Waals surface area contributed by atoms with Crippen molar-refractivity contribution in [2.75, 3.05) is 13.7 Å². The third-order valence-corrected chi connectivity index (χ3v) is 3.92. The van der Waals surface area contributed by atoms with Crippen molar-refractivity contribution in [2.45, 2.75) is 32.7 Å². The second-order valence-corrected chi connectivity index (χ2v) is 5.43. The van der Waals surface area contributed by atoms with Gasteiger partial charge in [0.1, 0.15) is 5.82 Å². The van der Waals surface area contributed by atoms with Crippen molar-refractivity contribution >= 4 is 12.0 Å². The third kappa shape index (κ3) is 3.52. The lowest BCUT2D eigenvalue weighted by molar-refractivity contribution is -0.136. The van der Waals surface area contributed by atoms with Gasteiger partial charge >= 0.3 is 12.0 Å². The van der Waals surface area contributed by atoms with Gasteiger partial charge in [-0.15, -0.1) is 0 Å². The van der Waals surface area contributed by atoms with Crippen molar-refractivity contribution in [2.24, 2.45) is 0 Å². The van der Waals surface area contributed by atoms with Gasteiger partial charge in [0.15, 0.2) is 0 Å².